The molecular weight excluding hydrogens is 414 g/mol. The molecular formula is C20H24ClN3O4S. The van der Waals surface area contributed by atoms with E-state index in [1.165, 1.54) is 18.2 Å². The molecule has 0 radical (unpaired) electrons. The van der Waals surface area contributed by atoms with Crippen molar-refractivity contribution < 1.29 is 18.0 Å². The third-order valence-corrected chi connectivity index (χ3v) is 5.91. The molecule has 7 nitrogen and oxygen atoms in total. The topological polar surface area (TPSA) is 104 Å². The summed E-state index contributed by atoms with van der Waals surface area (Å²) in [5.74, 6) is -0.707. The second-order valence-corrected chi connectivity index (χ2v) is 8.80. The molecule has 0 saturated carbocycles. The fourth-order valence-electron chi connectivity index (χ4n) is 2.37. The summed E-state index contributed by atoms with van der Waals surface area (Å²) in [7, 11) is -3.91. The van der Waals surface area contributed by atoms with Gasteiger partial charge in [0.1, 0.15) is 4.90 Å². The van der Waals surface area contributed by atoms with Gasteiger partial charge in [-0.3, -0.25) is 9.59 Å². The molecule has 9 heteroatoms. The third-order valence-electron chi connectivity index (χ3n) is 4.03. The van der Waals surface area contributed by atoms with E-state index >= 15 is 0 Å². The number of halogens is 1. The molecule has 29 heavy (non-hydrogen) atoms. The van der Waals surface area contributed by atoms with Gasteiger partial charge in [-0.05, 0) is 23.8 Å². The first-order chi connectivity index (χ1) is 13.7. The van der Waals surface area contributed by atoms with E-state index in [0.29, 0.717) is 0 Å². The van der Waals surface area contributed by atoms with Crippen molar-refractivity contribution in [1.29, 1.82) is 0 Å². The van der Waals surface area contributed by atoms with Gasteiger partial charge >= 0.3 is 0 Å². The predicted octanol–water partition coefficient (Wildman–Crippen LogP) is 2.32. The summed E-state index contributed by atoms with van der Waals surface area (Å²) in [6, 6.07) is 13.1. The number of hydrogen-bond donors (Lipinski definition) is 3. The van der Waals surface area contributed by atoms with E-state index in [1.807, 2.05) is 18.2 Å². The summed E-state index contributed by atoms with van der Waals surface area (Å²) in [6.07, 6.45) is 0. The maximum Gasteiger partial charge on any atom is 0.251 e. The molecule has 2 aromatic carbocycles. The van der Waals surface area contributed by atoms with Gasteiger partial charge in [0.2, 0.25) is 15.9 Å². The van der Waals surface area contributed by atoms with Gasteiger partial charge in [0, 0.05) is 31.1 Å². The van der Waals surface area contributed by atoms with Gasteiger partial charge in [-0.2, -0.15) is 0 Å². The summed E-state index contributed by atoms with van der Waals surface area (Å²) in [5, 5.41) is 5.34. The minimum absolute atomic E-state index is 0.0197. The molecule has 2 aromatic rings. The van der Waals surface area contributed by atoms with Crippen LogP contribution < -0.4 is 15.4 Å². The molecule has 0 unspecified atom stereocenters. The molecule has 0 saturated heterocycles. The third kappa shape index (κ3) is 6.85. The lowest BCUT2D eigenvalue weighted by Crippen LogP contribution is -2.36. The summed E-state index contributed by atoms with van der Waals surface area (Å²) < 4.78 is 27.7. The molecule has 156 valence electrons. The van der Waals surface area contributed by atoms with Crippen molar-refractivity contribution in [3.05, 3.63) is 64.7 Å². The van der Waals surface area contributed by atoms with Gasteiger partial charge in [-0.15, -0.1) is 0 Å². The second kappa shape index (κ2) is 10.4. The Hall–Kier alpha value is -2.42. The number of benzene rings is 2. The highest BCUT2D eigenvalue weighted by molar-refractivity contribution is 7.89. The number of nitrogens with one attached hydrogen (secondary N) is 3. The van der Waals surface area contributed by atoms with Crippen molar-refractivity contribution >= 4 is 33.4 Å². The lowest BCUT2D eigenvalue weighted by atomic mass is 10.2. The molecule has 3 N–H and O–H groups in total. The highest BCUT2D eigenvalue weighted by Gasteiger charge is 2.20. The van der Waals surface area contributed by atoms with Crippen LogP contribution in [-0.4, -0.2) is 33.3 Å². The quantitative estimate of drug-likeness (QED) is 0.523. The first-order valence-corrected chi connectivity index (χ1v) is 11.0. The van der Waals surface area contributed by atoms with E-state index in [0.717, 1.165) is 5.56 Å². The zero-order chi connectivity index (χ0) is 21.4. The lowest BCUT2D eigenvalue weighted by molar-refractivity contribution is -0.123. The van der Waals surface area contributed by atoms with E-state index in [9.17, 15) is 18.0 Å². The Kier molecular flexibility index (Phi) is 8.19. The molecule has 0 atom stereocenters. The predicted molar refractivity (Wildman–Crippen MR) is 112 cm³/mol. The van der Waals surface area contributed by atoms with Crippen molar-refractivity contribution in [3.8, 4) is 0 Å². The Bertz CT molecular complexity index is 963. The zero-order valence-electron chi connectivity index (χ0n) is 16.2. The van der Waals surface area contributed by atoms with E-state index in [-0.39, 0.29) is 46.9 Å². The molecule has 0 aliphatic heterocycles. The molecule has 0 heterocycles. The Morgan fingerprint density at radius 3 is 2.31 bits per heavy atom. The van der Waals surface area contributed by atoms with Crippen molar-refractivity contribution in [2.75, 3.05) is 13.1 Å². The van der Waals surface area contributed by atoms with E-state index in [4.69, 9.17) is 11.6 Å². The van der Waals surface area contributed by atoms with Gasteiger partial charge in [-0.1, -0.05) is 55.8 Å². The second-order valence-electron chi connectivity index (χ2n) is 6.66. The highest BCUT2D eigenvalue weighted by atomic mass is 35.5. The number of amides is 2. The van der Waals surface area contributed by atoms with Crippen LogP contribution >= 0.6 is 11.6 Å². The highest BCUT2D eigenvalue weighted by Crippen LogP contribution is 2.23. The van der Waals surface area contributed by atoms with E-state index in [1.54, 1.807) is 26.0 Å². The monoisotopic (exact) mass is 437 g/mol. The van der Waals surface area contributed by atoms with Crippen molar-refractivity contribution in [1.82, 2.24) is 15.4 Å². The van der Waals surface area contributed by atoms with Gasteiger partial charge in [0.15, 0.2) is 0 Å². The van der Waals surface area contributed by atoms with Crippen LogP contribution in [0.25, 0.3) is 0 Å². The van der Waals surface area contributed by atoms with Crippen LogP contribution in [0, 0.1) is 5.92 Å². The smallest absolute Gasteiger partial charge is 0.251 e. The molecule has 2 amide bonds. The number of carbonyl (C=O) groups excluding carboxylic acids is 2. The van der Waals surface area contributed by atoms with E-state index in [2.05, 4.69) is 15.4 Å². The lowest BCUT2D eigenvalue weighted by Gasteiger charge is -2.11. The molecule has 0 aliphatic carbocycles. The van der Waals surface area contributed by atoms with Crippen LogP contribution in [0.15, 0.2) is 53.4 Å². The van der Waals surface area contributed by atoms with Crippen molar-refractivity contribution in [2.45, 2.75) is 25.3 Å². The first-order valence-electron chi connectivity index (χ1n) is 9.10. The number of rotatable bonds is 9. The SMILES string of the molecule is CC(C)C(=O)NCCNC(=O)c1ccc(Cl)c(S(=O)(=O)NCc2ccccc2)c1. The van der Waals surface area contributed by atoms with Crippen LogP contribution in [0.3, 0.4) is 0 Å². The van der Waals surface area contributed by atoms with Crippen LogP contribution in [0.2, 0.25) is 5.02 Å². The fourth-order valence-corrected chi connectivity index (χ4v) is 3.91. The van der Waals surface area contributed by atoms with Crippen molar-refractivity contribution in [3.63, 3.8) is 0 Å². The maximum atomic E-state index is 12.6. The molecule has 0 aliphatic rings. The van der Waals surface area contributed by atoms with E-state index < -0.39 is 15.9 Å². The van der Waals surface area contributed by atoms with Gasteiger partial charge < -0.3 is 10.6 Å². The Labute approximate surface area is 175 Å². The van der Waals surface area contributed by atoms with Crippen LogP contribution in [0.4, 0.5) is 0 Å². The number of sulfonamides is 1. The molecule has 0 aromatic heterocycles. The fraction of sp³-hybridized carbons (Fsp3) is 0.300. The Morgan fingerprint density at radius 2 is 1.66 bits per heavy atom. The minimum atomic E-state index is -3.91. The molecule has 0 bridgehead atoms. The van der Waals surface area contributed by atoms with Gasteiger partial charge in [0.05, 0.1) is 5.02 Å². The maximum absolute atomic E-state index is 12.6. The zero-order valence-corrected chi connectivity index (χ0v) is 17.8. The standard InChI is InChI=1S/C20H24ClN3O4S/c1-14(2)19(25)22-10-11-23-20(26)16-8-9-17(21)18(12-16)29(27,28)24-13-15-6-4-3-5-7-15/h3-9,12,14,24H,10-11,13H2,1-2H3,(H,22,25)(H,23,26). The van der Waals surface area contributed by atoms with Crippen LogP contribution in [0.1, 0.15) is 29.8 Å². The Morgan fingerprint density at radius 1 is 1.00 bits per heavy atom. The summed E-state index contributed by atoms with van der Waals surface area (Å²) in [6.45, 7) is 4.14. The number of hydrogen-bond acceptors (Lipinski definition) is 4. The normalized spacial score (nSPS) is 11.3. The summed E-state index contributed by atoms with van der Waals surface area (Å²) >= 11 is 6.06. The van der Waals surface area contributed by atoms with Gasteiger partial charge in [-0.25, -0.2) is 13.1 Å². The van der Waals surface area contributed by atoms with Crippen molar-refractivity contribution in [2.24, 2.45) is 5.92 Å². The van der Waals surface area contributed by atoms with Gasteiger partial charge in [0.25, 0.3) is 5.91 Å². The average molecular weight is 438 g/mol. The molecule has 0 fully saturated rings. The Balaban J connectivity index is 2.02. The largest absolute Gasteiger partial charge is 0.354 e. The van der Waals surface area contributed by atoms with Crippen LogP contribution in [-0.2, 0) is 21.4 Å². The van der Waals surface area contributed by atoms with Crippen LogP contribution in [0.5, 0.6) is 0 Å². The minimum Gasteiger partial charge on any atom is -0.354 e. The number of carbonyl (C=O) groups is 2. The first kappa shape index (κ1) is 22.9. The summed E-state index contributed by atoms with van der Waals surface area (Å²) in [4.78, 5) is 23.6. The molecule has 2 rings (SSSR count). The average Bonchev–Trinajstić information content (AvgIpc) is 2.70. The summed E-state index contributed by atoms with van der Waals surface area (Å²) in [5.41, 5.74) is 0.953. The molecule has 0 spiro atoms.